The Morgan fingerprint density at radius 1 is 0.545 bits per heavy atom. The smallest absolute Gasteiger partial charge is 0.0102 e. The van der Waals surface area contributed by atoms with Gasteiger partial charge >= 0.3 is 0 Å². The van der Waals surface area contributed by atoms with Gasteiger partial charge in [-0.1, -0.05) is 81.7 Å². The topological polar surface area (TPSA) is 0 Å². The van der Waals surface area contributed by atoms with Crippen molar-refractivity contribution in [3.8, 4) is 0 Å². The molecule has 0 aliphatic heterocycles. The first kappa shape index (κ1) is 21.8. The van der Waals surface area contributed by atoms with Crippen LogP contribution in [-0.2, 0) is 0 Å². The molecule has 0 fully saturated rings. The molecule has 22 heavy (non-hydrogen) atoms. The van der Waals surface area contributed by atoms with Gasteiger partial charge in [0, 0.05) is 0 Å². The number of rotatable bonds is 15. The minimum absolute atomic E-state index is 1.14. The van der Waals surface area contributed by atoms with E-state index in [9.17, 15) is 0 Å². The Labute approximate surface area is 146 Å². The van der Waals surface area contributed by atoms with E-state index in [0.29, 0.717) is 0 Å². The van der Waals surface area contributed by atoms with Crippen LogP contribution in [0.3, 0.4) is 0 Å². The molecule has 0 spiro atoms. The van der Waals surface area contributed by atoms with Crippen LogP contribution in [0.4, 0.5) is 0 Å². The van der Waals surface area contributed by atoms with Crippen LogP contribution in [0.1, 0.15) is 118 Å². The molecule has 0 bridgehead atoms. The van der Waals surface area contributed by atoms with E-state index in [4.69, 9.17) is 12.2 Å². The van der Waals surface area contributed by atoms with Crippen LogP contribution in [0.15, 0.2) is 11.1 Å². The molecule has 0 N–H and O–H groups in total. The quantitative estimate of drug-likeness (QED) is 0.166. The Balaban J connectivity index is 3.53. The van der Waals surface area contributed by atoms with Crippen molar-refractivity contribution in [2.24, 2.45) is 0 Å². The van der Waals surface area contributed by atoms with Crippen molar-refractivity contribution in [2.75, 3.05) is 0 Å². The molecule has 0 aliphatic carbocycles. The maximum absolute atomic E-state index is 5.12. The van der Waals surface area contributed by atoms with E-state index in [1.807, 2.05) is 0 Å². The van der Waals surface area contributed by atoms with Gasteiger partial charge in [-0.2, -0.15) is 0 Å². The fourth-order valence-corrected chi connectivity index (χ4v) is 3.04. The first-order valence-electron chi connectivity index (χ1n) is 9.72. The van der Waals surface area contributed by atoms with E-state index in [2.05, 4.69) is 27.7 Å². The summed E-state index contributed by atoms with van der Waals surface area (Å²) in [4.78, 5) is 1.17. The highest BCUT2D eigenvalue weighted by molar-refractivity contribution is 7.80. The van der Waals surface area contributed by atoms with Crippen molar-refractivity contribution in [1.82, 2.24) is 0 Å². The van der Waals surface area contributed by atoms with Gasteiger partial charge in [-0.05, 0) is 64.2 Å². The summed E-state index contributed by atoms with van der Waals surface area (Å²) >= 11 is 5.12. The lowest BCUT2D eigenvalue weighted by molar-refractivity contribution is 0.601. The van der Waals surface area contributed by atoms with Crippen LogP contribution < -0.4 is 0 Å². The molecular weight excluding hydrogens is 284 g/mol. The average molecular weight is 325 g/mol. The highest BCUT2D eigenvalue weighted by Gasteiger charge is 1.99. The van der Waals surface area contributed by atoms with E-state index in [0.717, 1.165) is 6.42 Å². The normalized spacial score (nSPS) is 12.4. The van der Waals surface area contributed by atoms with E-state index in [1.54, 1.807) is 11.1 Å². The fourth-order valence-electron chi connectivity index (χ4n) is 2.89. The number of hydrogen-bond acceptors (Lipinski definition) is 1. The zero-order chi connectivity index (χ0) is 16.6. The molecule has 1 heteroatoms. The molecule has 0 saturated carbocycles. The number of unbranched alkanes of at least 4 members (excludes halogenated alkanes) is 9. The van der Waals surface area contributed by atoms with Crippen molar-refractivity contribution in [3.63, 3.8) is 0 Å². The molecule has 130 valence electrons. The van der Waals surface area contributed by atoms with Crippen molar-refractivity contribution in [1.29, 1.82) is 0 Å². The van der Waals surface area contributed by atoms with Gasteiger partial charge in [0.15, 0.2) is 0 Å². The van der Waals surface area contributed by atoms with E-state index in [1.165, 1.54) is 88.3 Å². The molecule has 0 rings (SSSR count). The molecule has 0 aromatic rings. The molecule has 0 nitrogen and oxygen atoms in total. The summed E-state index contributed by atoms with van der Waals surface area (Å²) in [5.41, 5.74) is 3.31. The molecule has 0 amide bonds. The zero-order valence-electron chi connectivity index (χ0n) is 15.8. The van der Waals surface area contributed by atoms with Gasteiger partial charge in [-0.15, -0.1) is 0 Å². The summed E-state index contributed by atoms with van der Waals surface area (Å²) in [6.07, 6.45) is 19.0. The second-order valence-electron chi connectivity index (χ2n) is 7.05. The third-order valence-corrected chi connectivity index (χ3v) is 4.92. The van der Waals surface area contributed by atoms with Crippen molar-refractivity contribution < 1.29 is 0 Å². The van der Waals surface area contributed by atoms with Crippen LogP contribution in [0.5, 0.6) is 0 Å². The monoisotopic (exact) mass is 324 g/mol. The minimum atomic E-state index is 1.14. The minimum Gasteiger partial charge on any atom is -0.0900 e. The lowest BCUT2D eigenvalue weighted by Crippen LogP contribution is -1.89. The van der Waals surface area contributed by atoms with Crippen LogP contribution in [-0.4, -0.2) is 4.86 Å². The van der Waals surface area contributed by atoms with Gasteiger partial charge in [0.05, 0.1) is 0 Å². The predicted octanol–water partition coefficient (Wildman–Crippen LogP) is 8.19. The predicted molar refractivity (Wildman–Crippen MR) is 107 cm³/mol. The lowest BCUT2D eigenvalue weighted by atomic mass is 9.98. The summed E-state index contributed by atoms with van der Waals surface area (Å²) in [6.45, 7) is 9.05. The summed E-state index contributed by atoms with van der Waals surface area (Å²) in [5, 5.41) is 0. The molecular formula is C21H40S. The van der Waals surface area contributed by atoms with Crippen LogP contribution >= 0.6 is 12.2 Å². The van der Waals surface area contributed by atoms with E-state index < -0.39 is 0 Å². The molecule has 0 heterocycles. The fraction of sp³-hybridized carbons (Fsp3) is 0.857. The molecule has 0 unspecified atom stereocenters. The average Bonchev–Trinajstić information content (AvgIpc) is 2.49. The summed E-state index contributed by atoms with van der Waals surface area (Å²) < 4.78 is 0. The highest BCUT2D eigenvalue weighted by Crippen LogP contribution is 2.19. The lowest BCUT2D eigenvalue weighted by Gasteiger charge is -2.08. The van der Waals surface area contributed by atoms with Crippen LogP contribution in [0.25, 0.3) is 0 Å². The largest absolute Gasteiger partial charge is 0.0900 e. The summed E-state index contributed by atoms with van der Waals surface area (Å²) in [7, 11) is 0. The van der Waals surface area contributed by atoms with Gasteiger partial charge in [-0.3, -0.25) is 0 Å². The van der Waals surface area contributed by atoms with Crippen molar-refractivity contribution >= 4 is 17.1 Å². The summed E-state index contributed by atoms with van der Waals surface area (Å²) in [5.74, 6) is 0. The third-order valence-electron chi connectivity index (χ3n) is 4.71. The molecule has 0 saturated heterocycles. The van der Waals surface area contributed by atoms with Gasteiger partial charge in [-0.25, -0.2) is 0 Å². The molecule has 0 aromatic carbocycles. The number of allylic oxidation sites excluding steroid dienone is 2. The van der Waals surface area contributed by atoms with Gasteiger partial charge in [0.2, 0.25) is 0 Å². The van der Waals surface area contributed by atoms with Crippen LogP contribution in [0, 0.1) is 0 Å². The van der Waals surface area contributed by atoms with Crippen molar-refractivity contribution in [3.05, 3.63) is 11.1 Å². The SMILES string of the molecule is CCCCCCCC/C(C)=C(/C)CCCCCCCC(C)=S. The zero-order valence-corrected chi connectivity index (χ0v) is 16.6. The molecule has 0 atom stereocenters. The second kappa shape index (κ2) is 15.7. The van der Waals surface area contributed by atoms with Crippen LogP contribution in [0.2, 0.25) is 0 Å². The standard InChI is InChI=1S/C21H40S/c1-5-6-7-8-10-13-16-19(2)20(3)17-14-11-9-12-15-18-21(4)22/h5-18H2,1-4H3/b20-19-. The second-order valence-corrected chi connectivity index (χ2v) is 7.75. The number of hydrogen-bond donors (Lipinski definition) is 0. The van der Waals surface area contributed by atoms with Crippen molar-refractivity contribution in [2.45, 2.75) is 118 Å². The van der Waals surface area contributed by atoms with E-state index >= 15 is 0 Å². The highest BCUT2D eigenvalue weighted by atomic mass is 32.1. The first-order chi connectivity index (χ1) is 10.6. The molecule has 0 aromatic heterocycles. The maximum atomic E-state index is 5.12. The summed E-state index contributed by atoms with van der Waals surface area (Å²) in [6, 6.07) is 0. The van der Waals surface area contributed by atoms with E-state index in [-0.39, 0.29) is 0 Å². The van der Waals surface area contributed by atoms with Gasteiger partial charge in [0.25, 0.3) is 0 Å². The Hall–Kier alpha value is -0.170. The maximum Gasteiger partial charge on any atom is -0.0102 e. The number of thiocarbonyl (C=S) groups is 1. The Bertz CT molecular complexity index is 301. The Morgan fingerprint density at radius 2 is 0.909 bits per heavy atom. The van der Waals surface area contributed by atoms with Gasteiger partial charge < -0.3 is 0 Å². The molecule has 0 radical (unpaired) electrons. The van der Waals surface area contributed by atoms with Gasteiger partial charge in [0.1, 0.15) is 0 Å². The Kier molecular flexibility index (Phi) is 15.6. The first-order valence-corrected chi connectivity index (χ1v) is 10.1. The Morgan fingerprint density at radius 3 is 1.32 bits per heavy atom. The molecule has 0 aliphatic rings. The third kappa shape index (κ3) is 14.8.